The second-order valence-electron chi connectivity index (χ2n) is 3.51. The Morgan fingerprint density at radius 1 is 1.33 bits per heavy atom. The summed E-state index contributed by atoms with van der Waals surface area (Å²) in [6.45, 7) is 1.93. The van der Waals surface area contributed by atoms with E-state index in [0.717, 1.165) is 16.5 Å². The highest BCUT2D eigenvalue weighted by atomic mass is 32.2. The van der Waals surface area contributed by atoms with E-state index in [9.17, 15) is 8.42 Å². The summed E-state index contributed by atoms with van der Waals surface area (Å²) in [5.74, 6) is 0. The van der Waals surface area contributed by atoms with E-state index in [1.807, 2.05) is 19.5 Å². The lowest BCUT2D eigenvalue weighted by Gasteiger charge is -1.99. The first-order chi connectivity index (χ1) is 7.02. The Balaban J connectivity index is 2.73. The largest absolute Gasteiger partial charge is 0.361 e. The molecule has 0 aliphatic rings. The van der Waals surface area contributed by atoms with E-state index in [2.05, 4.69) is 4.98 Å². The van der Waals surface area contributed by atoms with E-state index in [-0.39, 0.29) is 0 Å². The van der Waals surface area contributed by atoms with Crippen LogP contribution in [0.2, 0.25) is 0 Å². The zero-order valence-electron chi connectivity index (χ0n) is 8.61. The van der Waals surface area contributed by atoms with Gasteiger partial charge in [-0.05, 0) is 30.2 Å². The number of hydrogen-bond donors (Lipinski definition) is 1. The van der Waals surface area contributed by atoms with Gasteiger partial charge in [0.2, 0.25) is 0 Å². The van der Waals surface area contributed by atoms with E-state index in [1.165, 1.54) is 6.26 Å². The molecule has 4 heteroatoms. The summed E-state index contributed by atoms with van der Waals surface area (Å²) in [5, 5.41) is 0.945. The van der Waals surface area contributed by atoms with Crippen LogP contribution < -0.4 is 0 Å². The average molecular weight is 222 g/mol. The molecule has 0 fully saturated rings. The van der Waals surface area contributed by atoms with Crippen LogP contribution in [0.25, 0.3) is 10.9 Å². The highest BCUT2D eigenvalue weighted by Crippen LogP contribution is 2.22. The SMILES string of the molecule is C[CH]c1c[nH]c2ccc(S(C)(=O)=O)cc12. The van der Waals surface area contributed by atoms with Crippen LogP contribution in [-0.4, -0.2) is 19.7 Å². The summed E-state index contributed by atoms with van der Waals surface area (Å²) in [7, 11) is -3.12. The van der Waals surface area contributed by atoms with Crippen LogP contribution in [0.5, 0.6) is 0 Å². The Morgan fingerprint density at radius 2 is 2.07 bits per heavy atom. The van der Waals surface area contributed by atoms with Gasteiger partial charge in [-0.25, -0.2) is 8.42 Å². The molecule has 0 saturated heterocycles. The topological polar surface area (TPSA) is 49.9 Å². The number of fused-ring (bicyclic) bond motifs is 1. The van der Waals surface area contributed by atoms with Gasteiger partial charge in [-0.3, -0.25) is 0 Å². The van der Waals surface area contributed by atoms with Crippen LogP contribution in [-0.2, 0) is 9.84 Å². The Labute approximate surface area is 89.0 Å². The molecule has 3 nitrogen and oxygen atoms in total. The lowest BCUT2D eigenvalue weighted by Crippen LogP contribution is -1.96. The van der Waals surface area contributed by atoms with E-state index in [4.69, 9.17) is 0 Å². The number of benzene rings is 1. The van der Waals surface area contributed by atoms with Crippen molar-refractivity contribution in [1.82, 2.24) is 4.98 Å². The fourth-order valence-electron chi connectivity index (χ4n) is 1.59. The summed E-state index contributed by atoms with van der Waals surface area (Å²) in [6.07, 6.45) is 5.04. The molecule has 1 N–H and O–H groups in total. The molecule has 0 aliphatic carbocycles. The first kappa shape index (κ1) is 10.2. The Morgan fingerprint density at radius 3 is 2.67 bits per heavy atom. The normalized spacial score (nSPS) is 12.1. The van der Waals surface area contributed by atoms with Crippen molar-refractivity contribution in [1.29, 1.82) is 0 Å². The molecule has 79 valence electrons. The molecule has 0 aliphatic heterocycles. The predicted molar refractivity (Wildman–Crippen MR) is 60.5 cm³/mol. The zero-order chi connectivity index (χ0) is 11.1. The number of aromatic amines is 1. The van der Waals surface area contributed by atoms with Gasteiger partial charge in [-0.2, -0.15) is 0 Å². The second-order valence-corrected chi connectivity index (χ2v) is 5.53. The lowest BCUT2D eigenvalue weighted by molar-refractivity contribution is 0.602. The maximum atomic E-state index is 11.4. The van der Waals surface area contributed by atoms with E-state index >= 15 is 0 Å². The maximum absolute atomic E-state index is 11.4. The molecular weight excluding hydrogens is 210 g/mol. The molecule has 2 aromatic rings. The van der Waals surface area contributed by atoms with Crippen molar-refractivity contribution in [3.05, 3.63) is 36.4 Å². The quantitative estimate of drug-likeness (QED) is 0.846. The Kier molecular flexibility index (Phi) is 2.31. The van der Waals surface area contributed by atoms with Crippen LogP contribution in [0, 0.1) is 6.42 Å². The van der Waals surface area contributed by atoms with Crippen molar-refractivity contribution in [3.63, 3.8) is 0 Å². The van der Waals surface area contributed by atoms with Gasteiger partial charge in [-0.1, -0.05) is 6.92 Å². The third kappa shape index (κ3) is 1.77. The highest BCUT2D eigenvalue weighted by molar-refractivity contribution is 7.90. The molecular formula is C11H12NO2S. The molecule has 0 atom stereocenters. The monoisotopic (exact) mass is 222 g/mol. The predicted octanol–water partition coefficient (Wildman–Crippen LogP) is 2.14. The molecule has 1 heterocycles. The van der Waals surface area contributed by atoms with E-state index in [1.54, 1.807) is 18.2 Å². The van der Waals surface area contributed by atoms with Crippen molar-refractivity contribution < 1.29 is 8.42 Å². The molecule has 1 aromatic heterocycles. The molecule has 0 amide bonds. The second kappa shape index (κ2) is 3.38. The van der Waals surface area contributed by atoms with Crippen LogP contribution in [0.4, 0.5) is 0 Å². The van der Waals surface area contributed by atoms with Crippen LogP contribution in [0.15, 0.2) is 29.3 Å². The summed E-state index contributed by atoms with van der Waals surface area (Å²) in [5.41, 5.74) is 1.98. The number of H-pyrrole nitrogens is 1. The van der Waals surface area contributed by atoms with E-state index < -0.39 is 9.84 Å². The number of nitrogens with one attached hydrogen (secondary N) is 1. The third-order valence-corrected chi connectivity index (χ3v) is 3.53. The van der Waals surface area contributed by atoms with Crippen molar-refractivity contribution in [3.8, 4) is 0 Å². The zero-order valence-corrected chi connectivity index (χ0v) is 9.43. The Hall–Kier alpha value is -1.29. The number of sulfone groups is 1. The van der Waals surface area contributed by atoms with Crippen molar-refractivity contribution in [2.75, 3.05) is 6.26 Å². The summed E-state index contributed by atoms with van der Waals surface area (Å²) < 4.78 is 22.8. The molecule has 1 aromatic carbocycles. The fourth-order valence-corrected chi connectivity index (χ4v) is 2.24. The first-order valence-electron chi connectivity index (χ1n) is 4.63. The molecule has 0 saturated carbocycles. The minimum atomic E-state index is -3.12. The molecule has 0 spiro atoms. The fraction of sp³-hybridized carbons (Fsp3) is 0.182. The maximum Gasteiger partial charge on any atom is 0.175 e. The summed E-state index contributed by atoms with van der Waals surface area (Å²) >= 11 is 0. The van der Waals surface area contributed by atoms with Gasteiger partial charge < -0.3 is 4.98 Å². The molecule has 0 bridgehead atoms. The van der Waals surface area contributed by atoms with Crippen molar-refractivity contribution >= 4 is 20.7 Å². The summed E-state index contributed by atoms with van der Waals surface area (Å²) in [4.78, 5) is 3.45. The van der Waals surface area contributed by atoms with Gasteiger partial charge in [0.15, 0.2) is 9.84 Å². The molecule has 15 heavy (non-hydrogen) atoms. The Bertz CT molecular complexity index is 596. The van der Waals surface area contributed by atoms with Gasteiger partial charge in [0.05, 0.1) is 4.90 Å². The van der Waals surface area contributed by atoms with Gasteiger partial charge in [0.1, 0.15) is 0 Å². The van der Waals surface area contributed by atoms with Gasteiger partial charge in [0, 0.05) is 23.4 Å². The van der Waals surface area contributed by atoms with Crippen molar-refractivity contribution in [2.24, 2.45) is 0 Å². The number of rotatable bonds is 2. The number of hydrogen-bond acceptors (Lipinski definition) is 2. The minimum Gasteiger partial charge on any atom is -0.361 e. The number of aromatic nitrogens is 1. The highest BCUT2D eigenvalue weighted by Gasteiger charge is 2.09. The van der Waals surface area contributed by atoms with Crippen LogP contribution in [0.3, 0.4) is 0 Å². The standard InChI is InChI=1S/C11H12NO2S/c1-3-8-7-12-11-5-4-9(6-10(8)11)15(2,13)14/h3-7,12H,1-2H3. The smallest absolute Gasteiger partial charge is 0.175 e. The van der Waals surface area contributed by atoms with E-state index in [0.29, 0.717) is 4.90 Å². The molecule has 1 radical (unpaired) electrons. The third-order valence-electron chi connectivity index (χ3n) is 2.42. The van der Waals surface area contributed by atoms with Gasteiger partial charge in [0.25, 0.3) is 0 Å². The van der Waals surface area contributed by atoms with Gasteiger partial charge >= 0.3 is 0 Å². The summed E-state index contributed by atoms with van der Waals surface area (Å²) in [6, 6.07) is 5.11. The van der Waals surface area contributed by atoms with Crippen LogP contribution in [0.1, 0.15) is 12.5 Å². The average Bonchev–Trinajstić information content (AvgIpc) is 2.57. The van der Waals surface area contributed by atoms with Crippen LogP contribution >= 0.6 is 0 Å². The lowest BCUT2D eigenvalue weighted by atomic mass is 10.1. The van der Waals surface area contributed by atoms with Gasteiger partial charge in [-0.15, -0.1) is 0 Å². The molecule has 0 unspecified atom stereocenters. The first-order valence-corrected chi connectivity index (χ1v) is 6.52. The van der Waals surface area contributed by atoms with Crippen molar-refractivity contribution in [2.45, 2.75) is 11.8 Å². The molecule has 2 rings (SSSR count). The minimum absolute atomic E-state index is 0.359.